The maximum absolute atomic E-state index is 13.5. The molecule has 4 aliphatic rings. The van der Waals surface area contributed by atoms with E-state index in [0.29, 0.717) is 27.2 Å². The predicted molar refractivity (Wildman–Crippen MR) is 137 cm³/mol. The van der Waals surface area contributed by atoms with E-state index >= 15 is 0 Å². The number of likely N-dealkylation sites (tertiary alicyclic amines) is 1. The van der Waals surface area contributed by atoms with Crippen molar-refractivity contribution in [1.29, 1.82) is 0 Å². The van der Waals surface area contributed by atoms with Crippen molar-refractivity contribution in [2.75, 3.05) is 5.32 Å². The van der Waals surface area contributed by atoms with E-state index in [4.69, 9.17) is 4.42 Å². The van der Waals surface area contributed by atoms with E-state index in [1.807, 2.05) is 36.4 Å². The van der Waals surface area contributed by atoms with Gasteiger partial charge in [0.15, 0.2) is 10.5 Å². The van der Waals surface area contributed by atoms with Crippen LogP contribution in [0.5, 0.6) is 0 Å². The normalized spacial score (nSPS) is 25.4. The third-order valence-corrected chi connectivity index (χ3v) is 8.55. The number of anilines is 1. The van der Waals surface area contributed by atoms with Gasteiger partial charge in [-0.1, -0.05) is 42.5 Å². The van der Waals surface area contributed by atoms with Gasteiger partial charge in [0.1, 0.15) is 11.8 Å². The minimum atomic E-state index is -0.864. The lowest BCUT2D eigenvalue weighted by molar-refractivity contribution is -0.144. The Balaban J connectivity index is 1.15. The standard InChI is InChI=1S/C29H21BrN2O5/c30-23-10-9-22(37-23)21(32-28(35)25-14-5-6-15(11-14)26(25)29(32)36)13-24(33)31-16-7-8-18-17-3-1-2-4-19(17)27(34)20(18)12-16/h1-10,12,14-15,21,25-26H,11,13H2,(H,31,33). The Kier molecular flexibility index (Phi) is 4.92. The highest BCUT2D eigenvalue weighted by molar-refractivity contribution is 9.10. The lowest BCUT2D eigenvalue weighted by Gasteiger charge is -2.26. The minimum absolute atomic E-state index is 0.0716. The van der Waals surface area contributed by atoms with Crippen molar-refractivity contribution >= 4 is 45.1 Å². The van der Waals surface area contributed by atoms with E-state index in [1.54, 1.807) is 30.3 Å². The van der Waals surface area contributed by atoms with E-state index in [2.05, 4.69) is 21.2 Å². The van der Waals surface area contributed by atoms with E-state index in [-0.39, 0.29) is 53.6 Å². The molecular formula is C29H21BrN2O5. The molecule has 37 heavy (non-hydrogen) atoms. The van der Waals surface area contributed by atoms with Crippen LogP contribution in [0.3, 0.4) is 0 Å². The molecule has 7 rings (SSSR count). The van der Waals surface area contributed by atoms with Crippen LogP contribution in [0, 0.1) is 23.7 Å². The fourth-order valence-electron chi connectivity index (χ4n) is 6.55. The van der Waals surface area contributed by atoms with Crippen LogP contribution in [0.25, 0.3) is 11.1 Å². The summed E-state index contributed by atoms with van der Waals surface area (Å²) in [4.78, 5) is 54.3. The largest absolute Gasteiger partial charge is 0.452 e. The molecule has 1 saturated heterocycles. The number of ketones is 1. The van der Waals surface area contributed by atoms with Crippen molar-refractivity contribution < 1.29 is 23.6 Å². The van der Waals surface area contributed by atoms with Gasteiger partial charge in [0.05, 0.1) is 18.3 Å². The Morgan fingerprint density at radius 3 is 2.27 bits per heavy atom. The SMILES string of the molecule is O=C(CC(c1ccc(Br)o1)N1C(=O)C2C3C=CC(C3)C2C1=O)Nc1ccc2c(c1)C(=O)c1ccccc1-2. The first-order valence-electron chi connectivity index (χ1n) is 12.3. The van der Waals surface area contributed by atoms with Gasteiger partial charge in [0.25, 0.3) is 0 Å². The molecule has 3 amide bonds. The monoisotopic (exact) mass is 556 g/mol. The highest BCUT2D eigenvalue weighted by Gasteiger charge is 2.60. The number of allylic oxidation sites excluding steroid dienone is 2. The maximum Gasteiger partial charge on any atom is 0.234 e. The Morgan fingerprint density at radius 1 is 0.919 bits per heavy atom. The van der Waals surface area contributed by atoms with Crippen LogP contribution in [0.1, 0.15) is 40.6 Å². The second kappa shape index (κ2) is 8.11. The molecule has 5 unspecified atom stereocenters. The van der Waals surface area contributed by atoms with Gasteiger partial charge in [-0.3, -0.25) is 24.1 Å². The van der Waals surface area contributed by atoms with Crippen LogP contribution in [-0.4, -0.2) is 28.4 Å². The van der Waals surface area contributed by atoms with Crippen LogP contribution >= 0.6 is 15.9 Å². The maximum atomic E-state index is 13.5. The topological polar surface area (TPSA) is 96.7 Å². The van der Waals surface area contributed by atoms with E-state index in [1.165, 1.54) is 4.90 Å². The number of amides is 3. The molecule has 2 heterocycles. The van der Waals surface area contributed by atoms with Gasteiger partial charge in [-0.05, 0) is 69.6 Å². The zero-order valence-electron chi connectivity index (χ0n) is 19.5. The summed E-state index contributed by atoms with van der Waals surface area (Å²) < 4.78 is 6.19. The molecule has 1 aliphatic heterocycles. The first kappa shape index (κ1) is 22.4. The molecule has 5 atom stereocenters. The molecular weight excluding hydrogens is 536 g/mol. The molecule has 2 aromatic carbocycles. The lowest BCUT2D eigenvalue weighted by Crippen LogP contribution is -2.38. The summed E-state index contributed by atoms with van der Waals surface area (Å²) in [6.07, 6.45) is 4.75. The quantitative estimate of drug-likeness (QED) is 0.271. The molecule has 1 aromatic heterocycles. The van der Waals surface area contributed by atoms with E-state index in [9.17, 15) is 19.2 Å². The molecule has 3 aliphatic carbocycles. The summed E-state index contributed by atoms with van der Waals surface area (Å²) in [6.45, 7) is 0. The first-order valence-corrected chi connectivity index (χ1v) is 13.1. The van der Waals surface area contributed by atoms with Crippen molar-refractivity contribution in [2.45, 2.75) is 18.9 Å². The van der Waals surface area contributed by atoms with Gasteiger partial charge in [0.2, 0.25) is 17.7 Å². The number of benzene rings is 2. The number of rotatable bonds is 5. The summed E-state index contributed by atoms with van der Waals surface area (Å²) in [5.41, 5.74) is 3.36. The second-order valence-electron chi connectivity index (χ2n) is 10.1. The number of fused-ring (bicyclic) bond motifs is 8. The van der Waals surface area contributed by atoms with Crippen molar-refractivity contribution in [3.63, 3.8) is 0 Å². The van der Waals surface area contributed by atoms with Gasteiger partial charge in [-0.15, -0.1) is 0 Å². The fourth-order valence-corrected chi connectivity index (χ4v) is 6.87. The molecule has 0 spiro atoms. The average molecular weight is 557 g/mol. The van der Waals surface area contributed by atoms with Crippen LogP contribution in [0.15, 0.2) is 75.8 Å². The summed E-state index contributed by atoms with van der Waals surface area (Å²) in [6, 6.07) is 15.2. The highest BCUT2D eigenvalue weighted by atomic mass is 79.9. The van der Waals surface area contributed by atoms with Gasteiger partial charge in [0, 0.05) is 16.8 Å². The predicted octanol–water partition coefficient (Wildman–Crippen LogP) is 5.13. The van der Waals surface area contributed by atoms with Crippen LogP contribution in [-0.2, 0) is 14.4 Å². The molecule has 2 bridgehead atoms. The van der Waals surface area contributed by atoms with Crippen LogP contribution < -0.4 is 5.32 Å². The number of furan rings is 1. The van der Waals surface area contributed by atoms with Crippen molar-refractivity contribution in [3.8, 4) is 11.1 Å². The number of hydrogen-bond acceptors (Lipinski definition) is 5. The number of nitrogens with one attached hydrogen (secondary N) is 1. The number of carbonyl (C=O) groups excluding carboxylic acids is 4. The van der Waals surface area contributed by atoms with Gasteiger partial charge >= 0.3 is 0 Å². The zero-order chi connectivity index (χ0) is 25.4. The fraction of sp³-hybridized carbons (Fsp3) is 0.241. The molecule has 1 N–H and O–H groups in total. The van der Waals surface area contributed by atoms with E-state index in [0.717, 1.165) is 17.5 Å². The lowest BCUT2D eigenvalue weighted by atomic mass is 9.85. The summed E-state index contributed by atoms with van der Waals surface area (Å²) in [7, 11) is 0. The smallest absolute Gasteiger partial charge is 0.234 e. The molecule has 7 nitrogen and oxygen atoms in total. The molecule has 3 aromatic rings. The van der Waals surface area contributed by atoms with Gasteiger partial charge in [-0.25, -0.2) is 0 Å². The minimum Gasteiger partial charge on any atom is -0.452 e. The first-order chi connectivity index (χ1) is 17.9. The van der Waals surface area contributed by atoms with Crippen molar-refractivity contribution in [1.82, 2.24) is 4.90 Å². The second-order valence-corrected chi connectivity index (χ2v) is 10.9. The van der Waals surface area contributed by atoms with Gasteiger partial charge in [-0.2, -0.15) is 0 Å². The number of nitrogens with zero attached hydrogens (tertiary/aromatic N) is 1. The molecule has 1 saturated carbocycles. The number of hydrogen-bond donors (Lipinski definition) is 1. The summed E-state index contributed by atoms with van der Waals surface area (Å²) in [5.74, 6) is -1.17. The summed E-state index contributed by atoms with van der Waals surface area (Å²) in [5, 5.41) is 2.85. The van der Waals surface area contributed by atoms with Crippen molar-refractivity contribution in [2.24, 2.45) is 23.7 Å². The molecule has 184 valence electrons. The van der Waals surface area contributed by atoms with E-state index < -0.39 is 6.04 Å². The third kappa shape index (κ3) is 3.31. The number of carbonyl (C=O) groups is 4. The Morgan fingerprint density at radius 2 is 1.59 bits per heavy atom. The molecule has 0 radical (unpaired) electrons. The van der Waals surface area contributed by atoms with Gasteiger partial charge < -0.3 is 9.73 Å². The highest BCUT2D eigenvalue weighted by Crippen LogP contribution is 2.54. The third-order valence-electron chi connectivity index (χ3n) is 8.13. The molecule has 8 heteroatoms. The van der Waals surface area contributed by atoms with Crippen LogP contribution in [0.4, 0.5) is 5.69 Å². The summed E-state index contributed by atoms with van der Waals surface area (Å²) >= 11 is 3.29. The zero-order valence-corrected chi connectivity index (χ0v) is 21.1. The Hall–Kier alpha value is -3.78. The number of imide groups is 1. The van der Waals surface area contributed by atoms with Crippen molar-refractivity contribution in [3.05, 3.63) is 88.3 Å². The Bertz CT molecular complexity index is 1530. The number of halogens is 1. The van der Waals surface area contributed by atoms with Crippen LogP contribution in [0.2, 0.25) is 0 Å². The average Bonchev–Trinajstić information content (AvgIpc) is 3.70. The molecule has 2 fully saturated rings. The Labute approximate surface area is 220 Å².